The molecule has 23 heavy (non-hydrogen) atoms. The number of hydrogen-bond acceptors (Lipinski definition) is 2. The molecule has 2 aromatic carbocycles. The number of nitrogens with zero attached hydrogens (tertiary/aromatic N) is 1. The number of hydrogen-bond donors (Lipinski definition) is 0. The van der Waals surface area contributed by atoms with Crippen molar-refractivity contribution in [1.29, 1.82) is 0 Å². The maximum atomic E-state index is 4.82. The predicted molar refractivity (Wildman–Crippen MR) is 97.8 cm³/mol. The summed E-state index contributed by atoms with van der Waals surface area (Å²) in [6.45, 7) is 0. The SMILES string of the molecule is C1=CC2Sc3cc(-c4ccc5ccccc5n4)ccc3C2C=C1. The van der Waals surface area contributed by atoms with Gasteiger partial charge in [-0.25, -0.2) is 4.98 Å². The molecule has 5 rings (SSSR count). The molecule has 0 spiro atoms. The summed E-state index contributed by atoms with van der Waals surface area (Å²) in [5.74, 6) is 0.526. The average Bonchev–Trinajstić information content (AvgIpc) is 2.99. The molecule has 1 aliphatic heterocycles. The van der Waals surface area contributed by atoms with Gasteiger partial charge in [0.2, 0.25) is 0 Å². The highest BCUT2D eigenvalue weighted by molar-refractivity contribution is 8.00. The highest BCUT2D eigenvalue weighted by atomic mass is 32.2. The van der Waals surface area contributed by atoms with E-state index in [1.54, 1.807) is 0 Å². The van der Waals surface area contributed by atoms with Gasteiger partial charge in [0.1, 0.15) is 0 Å². The van der Waals surface area contributed by atoms with Crippen LogP contribution in [0.15, 0.2) is 83.8 Å². The lowest BCUT2D eigenvalue weighted by Crippen LogP contribution is -2.06. The lowest BCUT2D eigenvalue weighted by atomic mass is 9.91. The van der Waals surface area contributed by atoms with Crippen molar-refractivity contribution in [3.63, 3.8) is 0 Å². The first-order chi connectivity index (χ1) is 11.4. The first-order valence-corrected chi connectivity index (χ1v) is 8.78. The van der Waals surface area contributed by atoms with Crippen molar-refractivity contribution in [3.05, 3.63) is 84.5 Å². The van der Waals surface area contributed by atoms with Crippen molar-refractivity contribution >= 4 is 22.7 Å². The lowest BCUT2D eigenvalue weighted by Gasteiger charge is -2.14. The largest absolute Gasteiger partial charge is 0.248 e. The fraction of sp³-hybridized carbons (Fsp3) is 0.0952. The van der Waals surface area contributed by atoms with Crippen molar-refractivity contribution in [2.45, 2.75) is 16.1 Å². The van der Waals surface area contributed by atoms with Gasteiger partial charge in [0.15, 0.2) is 0 Å². The van der Waals surface area contributed by atoms with E-state index in [0.29, 0.717) is 11.2 Å². The van der Waals surface area contributed by atoms with Gasteiger partial charge < -0.3 is 0 Å². The third-order valence-electron chi connectivity index (χ3n) is 4.61. The van der Waals surface area contributed by atoms with Crippen LogP contribution in [0.3, 0.4) is 0 Å². The molecule has 110 valence electrons. The number of benzene rings is 2. The number of pyridine rings is 1. The van der Waals surface area contributed by atoms with Gasteiger partial charge in [0, 0.05) is 27.0 Å². The second kappa shape index (κ2) is 5.10. The molecular weight excluding hydrogens is 298 g/mol. The molecule has 0 saturated heterocycles. The van der Waals surface area contributed by atoms with Gasteiger partial charge in [-0.2, -0.15) is 0 Å². The molecule has 3 aromatic rings. The van der Waals surface area contributed by atoms with Gasteiger partial charge in [0.25, 0.3) is 0 Å². The molecule has 0 saturated carbocycles. The number of rotatable bonds is 1. The van der Waals surface area contributed by atoms with Crippen molar-refractivity contribution in [1.82, 2.24) is 4.98 Å². The van der Waals surface area contributed by atoms with Crippen LogP contribution < -0.4 is 0 Å². The number of aromatic nitrogens is 1. The maximum Gasteiger partial charge on any atom is 0.0710 e. The van der Waals surface area contributed by atoms with Crippen LogP contribution in [0.4, 0.5) is 0 Å². The Kier molecular flexibility index (Phi) is 2.92. The Morgan fingerprint density at radius 2 is 1.78 bits per heavy atom. The first kappa shape index (κ1) is 13.1. The summed E-state index contributed by atoms with van der Waals surface area (Å²) in [4.78, 5) is 6.22. The third-order valence-corrected chi connectivity index (χ3v) is 5.94. The van der Waals surface area contributed by atoms with Crippen LogP contribution in [-0.2, 0) is 0 Å². The van der Waals surface area contributed by atoms with Gasteiger partial charge in [-0.15, -0.1) is 11.8 Å². The monoisotopic (exact) mass is 313 g/mol. The lowest BCUT2D eigenvalue weighted by molar-refractivity contribution is 0.881. The van der Waals surface area contributed by atoms with E-state index in [0.717, 1.165) is 11.2 Å². The predicted octanol–water partition coefficient (Wildman–Crippen LogP) is 5.59. The molecule has 2 aliphatic rings. The van der Waals surface area contributed by atoms with Gasteiger partial charge in [-0.05, 0) is 23.8 Å². The topological polar surface area (TPSA) is 12.9 Å². The van der Waals surface area contributed by atoms with E-state index in [9.17, 15) is 0 Å². The van der Waals surface area contributed by atoms with Crippen LogP contribution in [0, 0.1) is 0 Å². The Balaban J connectivity index is 1.59. The average molecular weight is 313 g/mol. The summed E-state index contributed by atoms with van der Waals surface area (Å²) in [6, 6.07) is 19.4. The van der Waals surface area contributed by atoms with E-state index in [1.807, 2.05) is 17.8 Å². The normalized spacial score (nSPS) is 21.4. The Morgan fingerprint density at radius 1 is 0.870 bits per heavy atom. The molecule has 0 fully saturated rings. The van der Waals surface area contributed by atoms with Gasteiger partial charge in [-0.1, -0.05) is 60.7 Å². The minimum atomic E-state index is 0.526. The number of thioether (sulfide) groups is 1. The number of allylic oxidation sites excluding steroid dienone is 3. The second-order valence-corrected chi connectivity index (χ2v) is 7.24. The van der Waals surface area contributed by atoms with E-state index in [1.165, 1.54) is 21.4 Å². The molecule has 0 amide bonds. The molecule has 2 atom stereocenters. The molecule has 0 radical (unpaired) electrons. The molecule has 2 unspecified atom stereocenters. The van der Waals surface area contributed by atoms with Crippen LogP contribution in [0.5, 0.6) is 0 Å². The van der Waals surface area contributed by atoms with Crippen LogP contribution in [0.2, 0.25) is 0 Å². The standard InChI is InChI=1S/C21H15NS/c1-3-7-18-14(5-1)10-12-19(22-18)15-9-11-17-16-6-2-4-8-20(16)23-21(17)13-15/h1-13,16,20H. The fourth-order valence-corrected chi connectivity index (χ4v) is 4.81. The zero-order valence-electron chi connectivity index (χ0n) is 12.5. The Labute approximate surface area is 139 Å². The van der Waals surface area contributed by atoms with Crippen LogP contribution >= 0.6 is 11.8 Å². The van der Waals surface area contributed by atoms with Gasteiger partial charge in [0.05, 0.1) is 11.2 Å². The molecule has 2 heteroatoms. The first-order valence-electron chi connectivity index (χ1n) is 7.90. The van der Waals surface area contributed by atoms with E-state index in [-0.39, 0.29) is 0 Å². The van der Waals surface area contributed by atoms with Crippen molar-refractivity contribution in [2.24, 2.45) is 0 Å². The third kappa shape index (κ3) is 2.13. The molecule has 2 heterocycles. The Hall–Kier alpha value is -2.32. The maximum absolute atomic E-state index is 4.82. The van der Waals surface area contributed by atoms with E-state index >= 15 is 0 Å². The van der Waals surface area contributed by atoms with E-state index < -0.39 is 0 Å². The molecular formula is C21H15NS. The minimum Gasteiger partial charge on any atom is -0.248 e. The second-order valence-electron chi connectivity index (χ2n) is 6.02. The molecule has 1 aromatic heterocycles. The van der Waals surface area contributed by atoms with Crippen molar-refractivity contribution in [2.75, 3.05) is 0 Å². The van der Waals surface area contributed by atoms with Gasteiger partial charge >= 0.3 is 0 Å². The Bertz CT molecular complexity index is 970. The molecule has 1 nitrogen and oxygen atoms in total. The fourth-order valence-electron chi connectivity index (χ4n) is 3.42. The van der Waals surface area contributed by atoms with Crippen LogP contribution in [0.25, 0.3) is 22.2 Å². The minimum absolute atomic E-state index is 0.526. The molecule has 0 N–H and O–H groups in total. The quantitative estimate of drug-likeness (QED) is 0.581. The summed E-state index contributed by atoms with van der Waals surface area (Å²) < 4.78 is 0. The summed E-state index contributed by atoms with van der Waals surface area (Å²) in [6.07, 6.45) is 8.95. The highest BCUT2D eigenvalue weighted by Gasteiger charge is 2.30. The highest BCUT2D eigenvalue weighted by Crippen LogP contribution is 2.48. The van der Waals surface area contributed by atoms with Crippen LogP contribution in [0.1, 0.15) is 11.5 Å². The summed E-state index contributed by atoms with van der Waals surface area (Å²) in [7, 11) is 0. The van der Waals surface area contributed by atoms with Crippen molar-refractivity contribution in [3.8, 4) is 11.3 Å². The zero-order chi connectivity index (χ0) is 15.2. The van der Waals surface area contributed by atoms with E-state index in [4.69, 9.17) is 4.98 Å². The smallest absolute Gasteiger partial charge is 0.0710 e. The summed E-state index contributed by atoms with van der Waals surface area (Å²) in [5, 5.41) is 1.74. The number of para-hydroxylation sites is 1. The molecule has 0 bridgehead atoms. The van der Waals surface area contributed by atoms with E-state index in [2.05, 4.69) is 72.8 Å². The van der Waals surface area contributed by atoms with Gasteiger partial charge in [-0.3, -0.25) is 0 Å². The summed E-state index contributed by atoms with van der Waals surface area (Å²) in [5.41, 5.74) is 4.75. The summed E-state index contributed by atoms with van der Waals surface area (Å²) >= 11 is 1.97. The van der Waals surface area contributed by atoms with Crippen LogP contribution in [-0.4, -0.2) is 10.2 Å². The molecule has 1 aliphatic carbocycles. The number of fused-ring (bicyclic) bond motifs is 4. The van der Waals surface area contributed by atoms with Crippen molar-refractivity contribution < 1.29 is 0 Å². The zero-order valence-corrected chi connectivity index (χ0v) is 13.3. The Morgan fingerprint density at radius 3 is 2.78 bits per heavy atom.